The third kappa shape index (κ3) is 4.36. The van der Waals surface area contributed by atoms with Gasteiger partial charge in [-0.3, -0.25) is 9.20 Å². The van der Waals surface area contributed by atoms with Crippen LogP contribution >= 0.6 is 11.6 Å². The normalized spacial score (nSPS) is 10.6. The van der Waals surface area contributed by atoms with E-state index in [9.17, 15) is 9.59 Å². The second kappa shape index (κ2) is 7.36. The first-order chi connectivity index (χ1) is 12.0. The Labute approximate surface area is 148 Å². The van der Waals surface area contributed by atoms with E-state index in [4.69, 9.17) is 21.1 Å². The van der Waals surface area contributed by atoms with E-state index in [1.165, 1.54) is 10.5 Å². The molecule has 0 saturated heterocycles. The Morgan fingerprint density at radius 3 is 2.88 bits per heavy atom. The van der Waals surface area contributed by atoms with Crippen molar-refractivity contribution in [1.29, 1.82) is 0 Å². The van der Waals surface area contributed by atoms with Gasteiger partial charge in [-0.15, -0.1) is 0 Å². The lowest BCUT2D eigenvalue weighted by Gasteiger charge is -2.08. The van der Waals surface area contributed by atoms with Crippen molar-refractivity contribution in [3.05, 3.63) is 75.3 Å². The Balaban J connectivity index is 1.61. The third-order valence-electron chi connectivity index (χ3n) is 3.39. The molecular formula is C18H15ClN2O4. The first-order valence-corrected chi connectivity index (χ1v) is 7.92. The maximum atomic E-state index is 12.1. The third-order valence-corrected chi connectivity index (χ3v) is 3.63. The van der Waals surface area contributed by atoms with Crippen molar-refractivity contribution in [3.8, 4) is 5.75 Å². The lowest BCUT2D eigenvalue weighted by molar-refractivity contribution is -0.147. The minimum Gasteiger partial charge on any atom is -0.482 e. The van der Waals surface area contributed by atoms with E-state index in [-0.39, 0.29) is 18.8 Å². The average molecular weight is 359 g/mol. The summed E-state index contributed by atoms with van der Waals surface area (Å²) < 4.78 is 11.8. The molecule has 0 aliphatic heterocycles. The lowest BCUT2D eigenvalue weighted by Crippen LogP contribution is -2.18. The van der Waals surface area contributed by atoms with Crippen LogP contribution in [0.1, 0.15) is 11.3 Å². The fraction of sp³-hybridized carbons (Fsp3) is 0.167. The number of nitrogens with zero attached hydrogens (tertiary/aromatic N) is 2. The molecule has 2 aromatic heterocycles. The number of hydrogen-bond acceptors (Lipinski definition) is 5. The van der Waals surface area contributed by atoms with Gasteiger partial charge in [0.2, 0.25) is 0 Å². The van der Waals surface area contributed by atoms with Crippen LogP contribution in [0, 0.1) is 6.92 Å². The van der Waals surface area contributed by atoms with Gasteiger partial charge in [-0.2, -0.15) is 0 Å². The summed E-state index contributed by atoms with van der Waals surface area (Å²) in [4.78, 5) is 28.2. The van der Waals surface area contributed by atoms with Gasteiger partial charge < -0.3 is 9.47 Å². The summed E-state index contributed by atoms with van der Waals surface area (Å²) in [6, 6.07) is 11.7. The Morgan fingerprint density at radius 2 is 2.08 bits per heavy atom. The highest BCUT2D eigenvalue weighted by Crippen LogP contribution is 2.17. The van der Waals surface area contributed by atoms with E-state index in [0.29, 0.717) is 22.1 Å². The number of fused-ring (bicyclic) bond motifs is 1. The molecule has 0 N–H and O–H groups in total. The largest absolute Gasteiger partial charge is 0.482 e. The number of carbonyl (C=O) groups is 1. The number of rotatable bonds is 5. The van der Waals surface area contributed by atoms with Crippen LogP contribution in [0.2, 0.25) is 5.02 Å². The molecule has 0 aliphatic rings. The monoisotopic (exact) mass is 358 g/mol. The standard InChI is InChI=1S/C18H15ClN2O4/c1-12-5-6-16-20-14(8-17(22)21(16)9-12)10-25-18(23)11-24-15-4-2-3-13(19)7-15/h2-9H,10-11H2,1H3. The molecule has 1 aromatic carbocycles. The Bertz CT molecular complexity index is 984. The number of hydrogen-bond donors (Lipinski definition) is 0. The predicted molar refractivity (Wildman–Crippen MR) is 92.9 cm³/mol. The summed E-state index contributed by atoms with van der Waals surface area (Å²) in [6.45, 7) is 1.53. The van der Waals surface area contributed by atoms with Crippen LogP contribution in [-0.4, -0.2) is 22.0 Å². The number of aromatic nitrogens is 2. The first-order valence-electron chi connectivity index (χ1n) is 7.54. The molecule has 25 heavy (non-hydrogen) atoms. The van der Waals surface area contributed by atoms with Crippen LogP contribution in [0.25, 0.3) is 5.65 Å². The molecule has 3 aromatic rings. The van der Waals surface area contributed by atoms with Gasteiger partial charge in [0.15, 0.2) is 6.61 Å². The Kier molecular flexibility index (Phi) is 5.00. The minimum atomic E-state index is -0.564. The quantitative estimate of drug-likeness (QED) is 0.656. The molecule has 0 saturated carbocycles. The van der Waals surface area contributed by atoms with Crippen molar-refractivity contribution in [2.24, 2.45) is 0 Å². The van der Waals surface area contributed by atoms with Crippen molar-refractivity contribution >= 4 is 23.2 Å². The van der Waals surface area contributed by atoms with Crippen molar-refractivity contribution < 1.29 is 14.3 Å². The number of pyridine rings is 1. The van der Waals surface area contributed by atoms with E-state index < -0.39 is 5.97 Å². The molecule has 0 radical (unpaired) electrons. The molecule has 128 valence electrons. The molecule has 0 bridgehead atoms. The molecule has 0 atom stereocenters. The van der Waals surface area contributed by atoms with Gasteiger partial charge in [0, 0.05) is 17.3 Å². The van der Waals surface area contributed by atoms with Gasteiger partial charge >= 0.3 is 5.97 Å². The number of halogens is 1. The molecule has 0 fully saturated rings. The fourth-order valence-electron chi connectivity index (χ4n) is 2.23. The number of esters is 1. The van der Waals surface area contributed by atoms with Gasteiger partial charge in [0.1, 0.15) is 18.0 Å². The summed E-state index contributed by atoms with van der Waals surface area (Å²) in [5.74, 6) is -0.0900. The second-order valence-corrected chi connectivity index (χ2v) is 5.86. The van der Waals surface area contributed by atoms with E-state index >= 15 is 0 Å². The second-order valence-electron chi connectivity index (χ2n) is 5.43. The zero-order valence-corrected chi connectivity index (χ0v) is 14.2. The van der Waals surface area contributed by atoms with Crippen LogP contribution in [0.3, 0.4) is 0 Å². The molecule has 2 heterocycles. The zero-order chi connectivity index (χ0) is 17.8. The highest BCUT2D eigenvalue weighted by Gasteiger charge is 2.08. The van der Waals surface area contributed by atoms with Crippen molar-refractivity contribution in [1.82, 2.24) is 9.38 Å². The molecule has 0 amide bonds. The van der Waals surface area contributed by atoms with E-state index in [1.54, 1.807) is 36.5 Å². The van der Waals surface area contributed by atoms with Crippen LogP contribution in [0.15, 0.2) is 53.5 Å². The van der Waals surface area contributed by atoms with E-state index in [0.717, 1.165) is 5.56 Å². The Hall–Kier alpha value is -2.86. The predicted octanol–water partition coefficient (Wildman–Crippen LogP) is 2.78. The topological polar surface area (TPSA) is 69.9 Å². The van der Waals surface area contributed by atoms with Gasteiger partial charge in [0.05, 0.1) is 5.69 Å². The fourth-order valence-corrected chi connectivity index (χ4v) is 2.41. The number of ether oxygens (including phenoxy) is 2. The van der Waals surface area contributed by atoms with Crippen molar-refractivity contribution in [2.45, 2.75) is 13.5 Å². The van der Waals surface area contributed by atoms with Crippen LogP contribution in [0.5, 0.6) is 5.75 Å². The smallest absolute Gasteiger partial charge is 0.344 e. The van der Waals surface area contributed by atoms with Crippen LogP contribution < -0.4 is 10.3 Å². The molecule has 7 heteroatoms. The van der Waals surface area contributed by atoms with E-state index in [1.807, 2.05) is 13.0 Å². The number of carbonyl (C=O) groups excluding carboxylic acids is 1. The van der Waals surface area contributed by atoms with Gasteiger partial charge in [-0.25, -0.2) is 9.78 Å². The summed E-state index contributed by atoms with van der Waals surface area (Å²) >= 11 is 5.84. The lowest BCUT2D eigenvalue weighted by atomic mass is 10.3. The molecule has 0 aliphatic carbocycles. The van der Waals surface area contributed by atoms with E-state index in [2.05, 4.69) is 4.98 Å². The highest BCUT2D eigenvalue weighted by molar-refractivity contribution is 6.30. The van der Waals surface area contributed by atoms with Gasteiger partial charge in [-0.1, -0.05) is 23.7 Å². The SMILES string of the molecule is Cc1ccc2nc(COC(=O)COc3cccc(Cl)c3)cc(=O)n2c1. The summed E-state index contributed by atoms with van der Waals surface area (Å²) in [5, 5.41) is 0.516. The van der Waals surface area contributed by atoms with Crippen molar-refractivity contribution in [2.75, 3.05) is 6.61 Å². The van der Waals surface area contributed by atoms with Gasteiger partial charge in [0.25, 0.3) is 5.56 Å². The number of aryl methyl sites for hydroxylation is 1. The summed E-state index contributed by atoms with van der Waals surface area (Å²) in [7, 11) is 0. The Morgan fingerprint density at radius 1 is 1.24 bits per heavy atom. The average Bonchev–Trinajstić information content (AvgIpc) is 2.59. The van der Waals surface area contributed by atoms with Crippen LogP contribution in [0.4, 0.5) is 0 Å². The van der Waals surface area contributed by atoms with Gasteiger partial charge in [-0.05, 0) is 36.8 Å². The minimum absolute atomic E-state index is 0.0998. The van der Waals surface area contributed by atoms with Crippen LogP contribution in [-0.2, 0) is 16.1 Å². The summed E-state index contributed by atoms with van der Waals surface area (Å²) in [5.41, 5.74) is 1.60. The first kappa shape index (κ1) is 17.0. The summed E-state index contributed by atoms with van der Waals surface area (Å²) in [6.07, 6.45) is 1.71. The molecular weight excluding hydrogens is 344 g/mol. The maximum absolute atomic E-state index is 12.1. The number of benzene rings is 1. The zero-order valence-electron chi connectivity index (χ0n) is 13.4. The highest BCUT2D eigenvalue weighted by atomic mass is 35.5. The van der Waals surface area contributed by atoms with Crippen molar-refractivity contribution in [3.63, 3.8) is 0 Å². The maximum Gasteiger partial charge on any atom is 0.344 e. The molecule has 6 nitrogen and oxygen atoms in total. The molecule has 3 rings (SSSR count). The molecule has 0 spiro atoms. The molecule has 0 unspecified atom stereocenters.